The van der Waals surface area contributed by atoms with Gasteiger partial charge in [0.05, 0.1) is 0 Å². The van der Waals surface area contributed by atoms with Gasteiger partial charge < -0.3 is 4.74 Å². The average Bonchev–Trinajstić information content (AvgIpc) is 2.54. The number of rotatable bonds is 4. The molecule has 0 aliphatic heterocycles. The van der Waals surface area contributed by atoms with E-state index in [4.69, 9.17) is 16.3 Å². The summed E-state index contributed by atoms with van der Waals surface area (Å²) in [5, 5.41) is 0.441. The Labute approximate surface area is 147 Å². The Kier molecular flexibility index (Phi) is 6.01. The largest absolute Gasteiger partial charge is 0.481 e. The molecule has 0 aliphatic rings. The topological polar surface area (TPSA) is 67.4 Å². The van der Waals surface area contributed by atoms with Gasteiger partial charge in [-0.15, -0.1) is 0 Å². The molecule has 0 fully saturated rings. The summed E-state index contributed by atoms with van der Waals surface area (Å²) in [6.07, 6.45) is -0.768. The fourth-order valence-electron chi connectivity index (χ4n) is 1.69. The summed E-state index contributed by atoms with van der Waals surface area (Å²) in [6.45, 7) is 1.59. The highest BCUT2D eigenvalue weighted by atomic mass is 79.9. The molecular weight excluding hydrogens is 384 g/mol. The van der Waals surface area contributed by atoms with E-state index >= 15 is 0 Å². The molecule has 120 valence electrons. The van der Waals surface area contributed by atoms with Crippen LogP contribution in [-0.4, -0.2) is 17.9 Å². The second kappa shape index (κ2) is 7.99. The lowest BCUT2D eigenvalue weighted by Gasteiger charge is -2.15. The maximum absolute atomic E-state index is 11.9. The minimum atomic E-state index is -0.768. The van der Waals surface area contributed by atoms with Gasteiger partial charge in [-0.05, 0) is 49.4 Å². The van der Waals surface area contributed by atoms with Gasteiger partial charge in [-0.2, -0.15) is 0 Å². The second-order valence-electron chi connectivity index (χ2n) is 4.67. The molecule has 0 aromatic heterocycles. The minimum absolute atomic E-state index is 0.347. The lowest BCUT2D eigenvalue weighted by Crippen LogP contribution is -2.47. The molecule has 0 spiro atoms. The third kappa shape index (κ3) is 5.26. The molecule has 23 heavy (non-hydrogen) atoms. The molecule has 2 N–H and O–H groups in total. The number of hydrogen-bond acceptors (Lipinski definition) is 3. The van der Waals surface area contributed by atoms with Crippen molar-refractivity contribution in [3.8, 4) is 5.75 Å². The van der Waals surface area contributed by atoms with E-state index < -0.39 is 17.9 Å². The van der Waals surface area contributed by atoms with Gasteiger partial charge in [-0.3, -0.25) is 20.4 Å². The zero-order valence-corrected chi connectivity index (χ0v) is 14.5. The van der Waals surface area contributed by atoms with E-state index in [9.17, 15) is 9.59 Å². The molecular formula is C16H14BrClN2O3. The van der Waals surface area contributed by atoms with Gasteiger partial charge in [0.1, 0.15) is 5.75 Å². The quantitative estimate of drug-likeness (QED) is 0.778. The zero-order chi connectivity index (χ0) is 16.8. The number of hydrazine groups is 1. The standard InChI is InChI=1S/C16H14BrClN2O3/c1-10(23-14-7-5-12(17)6-8-14)15(21)19-20-16(22)11-3-2-4-13(18)9-11/h2-10H,1H3,(H,19,21)(H,20,22)/t10-/m0/s1. The summed E-state index contributed by atoms with van der Waals surface area (Å²) in [5.74, 6) is -0.378. The van der Waals surface area contributed by atoms with E-state index in [1.54, 1.807) is 49.4 Å². The Balaban J connectivity index is 1.86. The maximum Gasteiger partial charge on any atom is 0.279 e. The molecule has 0 aliphatic carbocycles. The number of carbonyl (C=O) groups is 2. The van der Waals surface area contributed by atoms with Gasteiger partial charge in [-0.25, -0.2) is 0 Å². The fraction of sp³-hybridized carbons (Fsp3) is 0.125. The maximum atomic E-state index is 11.9. The Hall–Kier alpha value is -2.05. The summed E-state index contributed by atoms with van der Waals surface area (Å²) in [7, 11) is 0. The van der Waals surface area contributed by atoms with Gasteiger partial charge >= 0.3 is 0 Å². The molecule has 0 bridgehead atoms. The van der Waals surface area contributed by atoms with Crippen molar-refractivity contribution in [1.82, 2.24) is 10.9 Å². The summed E-state index contributed by atoms with van der Waals surface area (Å²) >= 11 is 9.13. The molecule has 0 unspecified atom stereocenters. The highest BCUT2D eigenvalue weighted by molar-refractivity contribution is 9.10. The molecule has 2 amide bonds. The molecule has 2 aromatic rings. The number of ether oxygens (including phenoxy) is 1. The van der Waals surface area contributed by atoms with Crippen LogP contribution in [0.2, 0.25) is 5.02 Å². The first-order valence-electron chi connectivity index (χ1n) is 6.73. The van der Waals surface area contributed by atoms with Crippen LogP contribution in [0.1, 0.15) is 17.3 Å². The van der Waals surface area contributed by atoms with Crippen molar-refractivity contribution in [3.05, 3.63) is 63.6 Å². The van der Waals surface area contributed by atoms with Crippen LogP contribution in [0.3, 0.4) is 0 Å². The number of hydrogen-bond donors (Lipinski definition) is 2. The van der Waals surface area contributed by atoms with Crippen LogP contribution in [0.15, 0.2) is 53.0 Å². The van der Waals surface area contributed by atoms with Crippen molar-refractivity contribution < 1.29 is 14.3 Å². The fourth-order valence-corrected chi connectivity index (χ4v) is 2.15. The van der Waals surface area contributed by atoms with Crippen LogP contribution in [0, 0.1) is 0 Å². The summed E-state index contributed by atoms with van der Waals surface area (Å²) in [4.78, 5) is 23.8. The van der Waals surface area contributed by atoms with E-state index in [0.717, 1.165) is 4.47 Å². The van der Waals surface area contributed by atoms with E-state index in [1.807, 2.05) is 0 Å². The molecule has 7 heteroatoms. The lowest BCUT2D eigenvalue weighted by atomic mass is 10.2. The first-order valence-corrected chi connectivity index (χ1v) is 7.91. The van der Waals surface area contributed by atoms with Crippen molar-refractivity contribution in [1.29, 1.82) is 0 Å². The Morgan fingerprint density at radius 3 is 2.48 bits per heavy atom. The third-order valence-corrected chi connectivity index (χ3v) is 3.65. The minimum Gasteiger partial charge on any atom is -0.481 e. The Morgan fingerprint density at radius 2 is 1.83 bits per heavy atom. The number of benzene rings is 2. The summed E-state index contributed by atoms with van der Waals surface area (Å²) in [6, 6.07) is 13.5. The Morgan fingerprint density at radius 1 is 1.13 bits per heavy atom. The van der Waals surface area contributed by atoms with Crippen LogP contribution in [0.25, 0.3) is 0 Å². The number of halogens is 2. The number of amides is 2. The Bertz CT molecular complexity index is 707. The molecule has 0 heterocycles. The third-order valence-electron chi connectivity index (χ3n) is 2.88. The second-order valence-corrected chi connectivity index (χ2v) is 6.02. The zero-order valence-electron chi connectivity index (χ0n) is 12.2. The first-order chi connectivity index (χ1) is 11.0. The molecule has 5 nitrogen and oxygen atoms in total. The molecule has 0 saturated carbocycles. The van der Waals surface area contributed by atoms with Crippen molar-refractivity contribution >= 4 is 39.3 Å². The van der Waals surface area contributed by atoms with Crippen molar-refractivity contribution in [3.63, 3.8) is 0 Å². The van der Waals surface area contributed by atoms with Gasteiger partial charge in [0.2, 0.25) is 0 Å². The number of nitrogens with one attached hydrogen (secondary N) is 2. The van der Waals surface area contributed by atoms with Gasteiger partial charge in [0, 0.05) is 15.1 Å². The van der Waals surface area contributed by atoms with E-state index in [1.165, 1.54) is 6.07 Å². The van der Waals surface area contributed by atoms with Gasteiger partial charge in [0.25, 0.3) is 11.8 Å². The van der Waals surface area contributed by atoms with Crippen LogP contribution < -0.4 is 15.6 Å². The van der Waals surface area contributed by atoms with Crippen molar-refractivity contribution in [2.45, 2.75) is 13.0 Å². The average molecular weight is 398 g/mol. The van der Waals surface area contributed by atoms with Crippen LogP contribution in [0.4, 0.5) is 0 Å². The normalized spacial score (nSPS) is 11.4. The van der Waals surface area contributed by atoms with E-state index in [-0.39, 0.29) is 0 Å². The van der Waals surface area contributed by atoms with E-state index in [2.05, 4.69) is 26.8 Å². The summed E-state index contributed by atoms with van der Waals surface area (Å²) < 4.78 is 6.40. The molecule has 1 atom stereocenters. The highest BCUT2D eigenvalue weighted by Gasteiger charge is 2.16. The summed E-state index contributed by atoms with van der Waals surface area (Å²) in [5.41, 5.74) is 4.98. The SMILES string of the molecule is C[C@H](Oc1ccc(Br)cc1)C(=O)NNC(=O)c1cccc(Cl)c1. The van der Waals surface area contributed by atoms with Crippen LogP contribution in [-0.2, 0) is 4.79 Å². The van der Waals surface area contributed by atoms with Gasteiger partial charge in [0.15, 0.2) is 6.10 Å². The van der Waals surface area contributed by atoms with Crippen molar-refractivity contribution in [2.24, 2.45) is 0 Å². The lowest BCUT2D eigenvalue weighted by molar-refractivity contribution is -0.128. The number of carbonyl (C=O) groups excluding carboxylic acids is 2. The predicted octanol–water partition coefficient (Wildman–Crippen LogP) is 3.33. The molecule has 0 radical (unpaired) electrons. The van der Waals surface area contributed by atoms with Crippen LogP contribution in [0.5, 0.6) is 5.75 Å². The highest BCUT2D eigenvalue weighted by Crippen LogP contribution is 2.17. The van der Waals surface area contributed by atoms with E-state index in [0.29, 0.717) is 16.3 Å². The smallest absolute Gasteiger partial charge is 0.279 e. The monoisotopic (exact) mass is 396 g/mol. The predicted molar refractivity (Wildman–Crippen MR) is 91.3 cm³/mol. The molecule has 2 aromatic carbocycles. The first kappa shape index (κ1) is 17.3. The van der Waals surface area contributed by atoms with Crippen molar-refractivity contribution in [2.75, 3.05) is 0 Å². The molecule has 0 saturated heterocycles. The molecule has 2 rings (SSSR count). The van der Waals surface area contributed by atoms with Gasteiger partial charge in [-0.1, -0.05) is 33.6 Å². The van der Waals surface area contributed by atoms with Crippen LogP contribution >= 0.6 is 27.5 Å².